The molecule has 2 aromatic heterocycles. The molecule has 0 saturated carbocycles. The largest absolute Gasteiger partial charge is 0.341 e. The van der Waals surface area contributed by atoms with Gasteiger partial charge in [-0.1, -0.05) is 74.9 Å². The molecule has 0 fully saturated rings. The smallest absolute Gasteiger partial charge is 0.181 e. The van der Waals surface area contributed by atoms with Crippen molar-refractivity contribution in [3.8, 4) is 11.3 Å². The SMILES string of the molecule is CCC.NC(Cc1ccccc1)c1ccc(-c2ncnc3nc[nH]c23)cc1. The minimum absolute atomic E-state index is 0.0287. The summed E-state index contributed by atoms with van der Waals surface area (Å²) in [6.45, 7) is 4.25. The molecule has 0 aliphatic rings. The summed E-state index contributed by atoms with van der Waals surface area (Å²) in [6, 6.07) is 18.5. The second-order valence-electron chi connectivity index (χ2n) is 6.45. The van der Waals surface area contributed by atoms with Crippen LogP contribution in [0.15, 0.2) is 67.3 Å². The zero-order valence-electron chi connectivity index (χ0n) is 15.8. The Kier molecular flexibility index (Phi) is 6.28. The van der Waals surface area contributed by atoms with Crippen molar-refractivity contribution in [1.82, 2.24) is 19.9 Å². The lowest BCUT2D eigenvalue weighted by Crippen LogP contribution is -2.13. The van der Waals surface area contributed by atoms with Gasteiger partial charge in [0, 0.05) is 11.6 Å². The molecule has 27 heavy (non-hydrogen) atoms. The van der Waals surface area contributed by atoms with Gasteiger partial charge in [0.25, 0.3) is 0 Å². The summed E-state index contributed by atoms with van der Waals surface area (Å²) >= 11 is 0. The van der Waals surface area contributed by atoms with Crippen LogP contribution < -0.4 is 5.73 Å². The molecule has 3 N–H and O–H groups in total. The van der Waals surface area contributed by atoms with Crippen LogP contribution in [0.1, 0.15) is 37.4 Å². The number of H-pyrrole nitrogens is 1. The number of benzene rings is 2. The molecule has 4 aromatic rings. The van der Waals surface area contributed by atoms with Crippen LogP contribution in [0, 0.1) is 0 Å². The fourth-order valence-electron chi connectivity index (χ4n) is 2.86. The Balaban J connectivity index is 0.000000659. The standard InChI is InChI=1S/C19H17N5.C3H8/c20-16(10-13-4-2-1-3-5-13)14-6-8-15(9-7-14)17-18-19(23-11-21-17)24-12-22-18;1-3-2/h1-9,11-12,16H,10,20H2,(H,21,22,23,24);3H2,1-2H3. The number of nitrogens with zero attached hydrogens (tertiary/aromatic N) is 3. The highest BCUT2D eigenvalue weighted by Crippen LogP contribution is 2.25. The number of hydrogen-bond donors (Lipinski definition) is 2. The first-order valence-corrected chi connectivity index (χ1v) is 9.26. The highest BCUT2D eigenvalue weighted by molar-refractivity contribution is 5.86. The zero-order chi connectivity index (χ0) is 19.1. The van der Waals surface area contributed by atoms with Gasteiger partial charge in [-0.3, -0.25) is 0 Å². The second-order valence-corrected chi connectivity index (χ2v) is 6.45. The number of nitrogens with one attached hydrogen (secondary N) is 1. The second kappa shape index (κ2) is 9.05. The molecule has 0 radical (unpaired) electrons. The maximum atomic E-state index is 6.35. The van der Waals surface area contributed by atoms with Crippen molar-refractivity contribution in [2.24, 2.45) is 5.73 Å². The molecule has 0 aliphatic heterocycles. The number of aromatic nitrogens is 4. The Bertz CT molecular complexity index is 961. The van der Waals surface area contributed by atoms with Crippen molar-refractivity contribution in [3.63, 3.8) is 0 Å². The van der Waals surface area contributed by atoms with Crippen LogP contribution in [0.4, 0.5) is 0 Å². The van der Waals surface area contributed by atoms with Crippen molar-refractivity contribution in [2.75, 3.05) is 0 Å². The third-order valence-corrected chi connectivity index (χ3v) is 4.13. The molecule has 138 valence electrons. The molecule has 1 atom stereocenters. The fourth-order valence-corrected chi connectivity index (χ4v) is 2.86. The highest BCUT2D eigenvalue weighted by atomic mass is 15.0. The third-order valence-electron chi connectivity index (χ3n) is 4.13. The van der Waals surface area contributed by atoms with E-state index in [0.29, 0.717) is 5.65 Å². The van der Waals surface area contributed by atoms with E-state index in [-0.39, 0.29) is 6.04 Å². The summed E-state index contributed by atoms with van der Waals surface area (Å²) in [7, 11) is 0. The zero-order valence-corrected chi connectivity index (χ0v) is 15.8. The van der Waals surface area contributed by atoms with Crippen LogP contribution in [-0.4, -0.2) is 19.9 Å². The number of hydrogen-bond acceptors (Lipinski definition) is 4. The van der Waals surface area contributed by atoms with E-state index in [4.69, 9.17) is 5.73 Å². The number of aromatic amines is 1. The average molecular weight is 359 g/mol. The molecular formula is C22H25N5. The molecule has 0 bridgehead atoms. The lowest BCUT2D eigenvalue weighted by molar-refractivity contribution is 0.722. The molecule has 0 saturated heterocycles. The van der Waals surface area contributed by atoms with Gasteiger partial charge in [-0.05, 0) is 17.5 Å². The van der Waals surface area contributed by atoms with Gasteiger partial charge >= 0.3 is 0 Å². The van der Waals surface area contributed by atoms with Gasteiger partial charge in [-0.2, -0.15) is 0 Å². The monoisotopic (exact) mass is 359 g/mol. The fraction of sp³-hybridized carbons (Fsp3) is 0.227. The van der Waals surface area contributed by atoms with Crippen LogP contribution in [0.2, 0.25) is 0 Å². The Morgan fingerprint density at radius 3 is 2.33 bits per heavy atom. The summed E-state index contributed by atoms with van der Waals surface area (Å²) in [4.78, 5) is 15.8. The summed E-state index contributed by atoms with van der Waals surface area (Å²) in [6.07, 6.45) is 5.24. The molecule has 5 nitrogen and oxygen atoms in total. The Morgan fingerprint density at radius 2 is 1.63 bits per heavy atom. The van der Waals surface area contributed by atoms with Crippen molar-refractivity contribution in [3.05, 3.63) is 78.4 Å². The molecule has 0 amide bonds. The van der Waals surface area contributed by atoms with Gasteiger partial charge in [0.2, 0.25) is 0 Å². The maximum absolute atomic E-state index is 6.35. The minimum atomic E-state index is -0.0287. The number of imidazole rings is 1. The van der Waals surface area contributed by atoms with Crippen LogP contribution in [0.25, 0.3) is 22.4 Å². The van der Waals surface area contributed by atoms with Gasteiger partial charge in [-0.15, -0.1) is 0 Å². The van der Waals surface area contributed by atoms with Crippen molar-refractivity contribution in [1.29, 1.82) is 0 Å². The lowest BCUT2D eigenvalue weighted by atomic mass is 9.98. The van der Waals surface area contributed by atoms with Gasteiger partial charge < -0.3 is 10.7 Å². The molecule has 5 heteroatoms. The van der Waals surface area contributed by atoms with E-state index in [1.807, 2.05) is 30.3 Å². The highest BCUT2D eigenvalue weighted by Gasteiger charge is 2.10. The Labute approximate surface area is 159 Å². The summed E-state index contributed by atoms with van der Waals surface area (Å²) in [5, 5.41) is 0. The van der Waals surface area contributed by atoms with Crippen molar-refractivity contribution >= 4 is 11.2 Å². The average Bonchev–Trinajstić information content (AvgIpc) is 3.18. The molecule has 4 rings (SSSR count). The molecule has 2 heterocycles. The van der Waals surface area contributed by atoms with Gasteiger partial charge in [0.05, 0.1) is 12.0 Å². The van der Waals surface area contributed by atoms with E-state index < -0.39 is 0 Å². The molecule has 2 aromatic carbocycles. The third kappa shape index (κ3) is 4.57. The Hall–Kier alpha value is -3.05. The van der Waals surface area contributed by atoms with Crippen molar-refractivity contribution < 1.29 is 0 Å². The first-order valence-electron chi connectivity index (χ1n) is 9.26. The first-order chi connectivity index (χ1) is 13.2. The van der Waals surface area contributed by atoms with Crippen LogP contribution in [-0.2, 0) is 6.42 Å². The molecule has 1 unspecified atom stereocenters. The van der Waals surface area contributed by atoms with Crippen LogP contribution in [0.3, 0.4) is 0 Å². The molecule has 0 aliphatic carbocycles. The van der Waals surface area contributed by atoms with Crippen LogP contribution in [0.5, 0.6) is 0 Å². The van der Waals surface area contributed by atoms with Gasteiger partial charge in [0.1, 0.15) is 11.8 Å². The lowest BCUT2D eigenvalue weighted by Gasteiger charge is -2.13. The number of nitrogens with two attached hydrogens (primary N) is 1. The summed E-state index contributed by atoms with van der Waals surface area (Å²) < 4.78 is 0. The molecular weight excluding hydrogens is 334 g/mol. The summed E-state index contributed by atoms with van der Waals surface area (Å²) in [5.41, 5.74) is 12.1. The van der Waals surface area contributed by atoms with E-state index in [1.54, 1.807) is 6.33 Å². The normalized spacial score (nSPS) is 11.7. The Morgan fingerprint density at radius 1 is 0.926 bits per heavy atom. The predicted molar refractivity (Wildman–Crippen MR) is 110 cm³/mol. The molecule has 0 spiro atoms. The number of fused-ring (bicyclic) bond motifs is 1. The van der Waals surface area contributed by atoms with E-state index in [1.165, 1.54) is 18.3 Å². The van der Waals surface area contributed by atoms with E-state index in [9.17, 15) is 0 Å². The predicted octanol–water partition coefficient (Wildman–Crippen LogP) is 4.68. The van der Waals surface area contributed by atoms with E-state index >= 15 is 0 Å². The number of rotatable bonds is 4. The van der Waals surface area contributed by atoms with Crippen LogP contribution >= 0.6 is 0 Å². The van der Waals surface area contributed by atoms with Gasteiger partial charge in [-0.25, -0.2) is 15.0 Å². The quantitative estimate of drug-likeness (QED) is 0.554. The topological polar surface area (TPSA) is 80.5 Å². The van der Waals surface area contributed by atoms with Crippen molar-refractivity contribution in [2.45, 2.75) is 32.7 Å². The first kappa shape index (κ1) is 18.7. The van der Waals surface area contributed by atoms with Gasteiger partial charge in [0.15, 0.2) is 5.65 Å². The van der Waals surface area contributed by atoms with E-state index in [0.717, 1.165) is 28.8 Å². The minimum Gasteiger partial charge on any atom is -0.341 e. The summed E-state index contributed by atoms with van der Waals surface area (Å²) in [5.74, 6) is 0. The maximum Gasteiger partial charge on any atom is 0.181 e. The van der Waals surface area contributed by atoms with E-state index in [2.05, 4.69) is 58.0 Å².